The van der Waals surface area contributed by atoms with Crippen LogP contribution in [-0.2, 0) is 19.1 Å². The molecule has 0 saturated heterocycles. The summed E-state index contributed by atoms with van der Waals surface area (Å²) in [5.74, 6) is -0.587. The predicted molar refractivity (Wildman–Crippen MR) is 284 cm³/mol. The Kier molecular flexibility index (Phi) is 55.8. The average Bonchev–Trinajstić information content (AvgIpc) is 3.31. The van der Waals surface area contributed by atoms with Crippen molar-refractivity contribution in [3.63, 3.8) is 0 Å². The Labute approximate surface area is 407 Å². The van der Waals surface area contributed by atoms with Gasteiger partial charge in [0.15, 0.2) is 6.10 Å². The van der Waals surface area contributed by atoms with Crippen molar-refractivity contribution in [2.24, 2.45) is 0 Å². The molecule has 65 heavy (non-hydrogen) atoms. The van der Waals surface area contributed by atoms with E-state index in [0.717, 1.165) is 44.9 Å². The van der Waals surface area contributed by atoms with Crippen LogP contribution < -0.4 is 0 Å². The summed E-state index contributed by atoms with van der Waals surface area (Å²) in [4.78, 5) is 24.3. The summed E-state index contributed by atoms with van der Waals surface area (Å²) < 4.78 is 10.6. The molecule has 0 aromatic rings. The maximum atomic E-state index is 12.2. The van der Waals surface area contributed by atoms with Crippen molar-refractivity contribution in [1.82, 2.24) is 0 Å². The van der Waals surface area contributed by atoms with Gasteiger partial charge >= 0.3 is 11.9 Å². The molecule has 0 aromatic carbocycles. The van der Waals surface area contributed by atoms with Gasteiger partial charge in [-0.3, -0.25) is 9.59 Å². The molecule has 1 atom stereocenters. The van der Waals surface area contributed by atoms with Gasteiger partial charge in [0.25, 0.3) is 0 Å². The van der Waals surface area contributed by atoms with E-state index in [-0.39, 0.29) is 25.2 Å². The topological polar surface area (TPSA) is 72.8 Å². The summed E-state index contributed by atoms with van der Waals surface area (Å²) in [5.41, 5.74) is 0. The average molecular weight is 918 g/mol. The summed E-state index contributed by atoms with van der Waals surface area (Å²) in [7, 11) is 0. The molecule has 0 aromatic heterocycles. The van der Waals surface area contributed by atoms with E-state index in [2.05, 4.69) is 26.0 Å². The number of carbonyl (C=O) groups is 2. The number of aliphatic hydroxyl groups is 1. The molecule has 0 amide bonds. The molecule has 0 aliphatic heterocycles. The molecular weight excluding hydrogens is 801 g/mol. The highest BCUT2D eigenvalue weighted by Crippen LogP contribution is 2.18. The van der Waals surface area contributed by atoms with Gasteiger partial charge in [-0.2, -0.15) is 0 Å². The second-order valence-corrected chi connectivity index (χ2v) is 20.4. The lowest BCUT2D eigenvalue weighted by Gasteiger charge is -2.15. The number of esters is 2. The maximum Gasteiger partial charge on any atom is 0.306 e. The molecule has 5 nitrogen and oxygen atoms in total. The predicted octanol–water partition coefficient (Wildman–Crippen LogP) is 19.9. The zero-order valence-corrected chi connectivity index (χ0v) is 44.3. The minimum absolute atomic E-state index is 0.0631. The van der Waals surface area contributed by atoms with Crippen LogP contribution in [0.5, 0.6) is 0 Å². The van der Waals surface area contributed by atoms with E-state index in [1.54, 1.807) is 0 Å². The van der Waals surface area contributed by atoms with Gasteiger partial charge in [-0.1, -0.05) is 309 Å². The third-order valence-corrected chi connectivity index (χ3v) is 13.8. The van der Waals surface area contributed by atoms with Crippen LogP contribution in [0.1, 0.15) is 341 Å². The number of hydrogen-bond acceptors (Lipinski definition) is 5. The lowest BCUT2D eigenvalue weighted by Crippen LogP contribution is -2.28. The highest BCUT2D eigenvalue weighted by molar-refractivity contribution is 5.70. The second-order valence-electron chi connectivity index (χ2n) is 20.4. The summed E-state index contributed by atoms with van der Waals surface area (Å²) >= 11 is 0. The molecule has 0 aliphatic rings. The van der Waals surface area contributed by atoms with Crippen LogP contribution in [0.25, 0.3) is 0 Å². The van der Waals surface area contributed by atoms with E-state index in [0.29, 0.717) is 12.8 Å². The van der Waals surface area contributed by atoms with E-state index in [1.807, 2.05) is 0 Å². The van der Waals surface area contributed by atoms with Gasteiger partial charge in [-0.25, -0.2) is 0 Å². The highest BCUT2D eigenvalue weighted by atomic mass is 16.6. The van der Waals surface area contributed by atoms with Crippen LogP contribution in [0.3, 0.4) is 0 Å². The molecule has 1 unspecified atom stereocenters. The second kappa shape index (κ2) is 57.0. The quantitative estimate of drug-likeness (QED) is 0.0374. The third-order valence-electron chi connectivity index (χ3n) is 13.8. The SMILES string of the molecule is CCC/C=C\CCCCCCCC(=O)OC(CO)COC(=O)CCCCCCCCCCCCCCCCCCCCCCCCCCCCCCCCCCCCCCCCCCC. The van der Waals surface area contributed by atoms with Gasteiger partial charge < -0.3 is 14.6 Å². The fourth-order valence-corrected chi connectivity index (χ4v) is 9.33. The molecule has 1 N–H and O–H groups in total. The van der Waals surface area contributed by atoms with Gasteiger partial charge in [0.1, 0.15) is 6.61 Å². The first-order chi connectivity index (χ1) is 32.1. The normalized spacial score (nSPS) is 12.1. The van der Waals surface area contributed by atoms with E-state index in [4.69, 9.17) is 9.47 Å². The van der Waals surface area contributed by atoms with Gasteiger partial charge in [0, 0.05) is 12.8 Å². The smallest absolute Gasteiger partial charge is 0.306 e. The molecule has 0 bridgehead atoms. The molecule has 386 valence electrons. The summed E-state index contributed by atoms with van der Waals surface area (Å²) in [5, 5.41) is 9.58. The lowest BCUT2D eigenvalue weighted by molar-refractivity contribution is -0.161. The molecule has 0 heterocycles. The fraction of sp³-hybridized carbons (Fsp3) is 0.933. The third kappa shape index (κ3) is 55.1. The Morgan fingerprint density at radius 1 is 0.338 bits per heavy atom. The molecule has 0 rings (SSSR count). The first kappa shape index (κ1) is 63.6. The van der Waals surface area contributed by atoms with Crippen LogP contribution in [0.4, 0.5) is 0 Å². The Bertz CT molecular complexity index is 948. The Morgan fingerprint density at radius 3 is 0.892 bits per heavy atom. The van der Waals surface area contributed by atoms with Crippen LogP contribution >= 0.6 is 0 Å². The number of aliphatic hydroxyl groups excluding tert-OH is 1. The van der Waals surface area contributed by atoms with Crippen LogP contribution in [-0.4, -0.2) is 36.4 Å². The molecule has 0 fully saturated rings. The van der Waals surface area contributed by atoms with Gasteiger partial charge in [-0.15, -0.1) is 0 Å². The largest absolute Gasteiger partial charge is 0.462 e. The van der Waals surface area contributed by atoms with E-state index in [1.165, 1.54) is 270 Å². The molecule has 0 aliphatic carbocycles. The zero-order valence-electron chi connectivity index (χ0n) is 44.3. The van der Waals surface area contributed by atoms with Crippen molar-refractivity contribution < 1.29 is 24.2 Å². The Hall–Kier alpha value is -1.36. The minimum atomic E-state index is -0.770. The standard InChI is InChI=1S/C60H116O5/c1-3-5-7-9-11-13-15-16-17-18-19-20-21-22-23-24-25-26-27-28-29-30-31-32-33-34-35-36-37-38-39-40-41-42-43-44-45-47-48-50-52-54-59(62)64-57-58(56-61)65-60(63)55-53-51-49-46-14-12-10-8-6-4-2/h8,10,58,61H,3-7,9,11-57H2,1-2H3/b10-8-. The molecule has 5 heteroatoms. The molecule has 0 spiro atoms. The van der Waals surface area contributed by atoms with Crippen LogP contribution in [0.2, 0.25) is 0 Å². The van der Waals surface area contributed by atoms with Crippen molar-refractivity contribution in [2.75, 3.05) is 13.2 Å². The van der Waals surface area contributed by atoms with Crippen LogP contribution in [0, 0.1) is 0 Å². The number of unbranched alkanes of at least 4 members (excludes halogenated alkanes) is 46. The monoisotopic (exact) mass is 917 g/mol. The highest BCUT2D eigenvalue weighted by Gasteiger charge is 2.16. The van der Waals surface area contributed by atoms with Crippen molar-refractivity contribution in [3.05, 3.63) is 12.2 Å². The van der Waals surface area contributed by atoms with Crippen molar-refractivity contribution in [1.29, 1.82) is 0 Å². The first-order valence-electron chi connectivity index (χ1n) is 29.7. The molecular formula is C60H116O5. The minimum Gasteiger partial charge on any atom is -0.462 e. The van der Waals surface area contributed by atoms with E-state index < -0.39 is 6.10 Å². The molecule has 0 radical (unpaired) electrons. The number of carbonyl (C=O) groups excluding carboxylic acids is 2. The molecule has 0 saturated carbocycles. The van der Waals surface area contributed by atoms with E-state index >= 15 is 0 Å². The summed E-state index contributed by atoms with van der Waals surface area (Å²) in [6.45, 7) is 4.11. The van der Waals surface area contributed by atoms with Crippen LogP contribution in [0.15, 0.2) is 12.2 Å². The van der Waals surface area contributed by atoms with Gasteiger partial charge in [0.05, 0.1) is 6.61 Å². The summed E-state index contributed by atoms with van der Waals surface area (Å²) in [6, 6.07) is 0. The van der Waals surface area contributed by atoms with Crippen molar-refractivity contribution in [2.45, 2.75) is 347 Å². The summed E-state index contributed by atoms with van der Waals surface area (Å²) in [6.07, 6.45) is 71.1. The number of rotatable bonds is 56. The number of ether oxygens (including phenoxy) is 2. The zero-order chi connectivity index (χ0) is 47.0. The maximum absolute atomic E-state index is 12.2. The lowest BCUT2D eigenvalue weighted by atomic mass is 10.0. The first-order valence-corrected chi connectivity index (χ1v) is 29.7. The van der Waals surface area contributed by atoms with E-state index in [9.17, 15) is 14.7 Å². The van der Waals surface area contributed by atoms with Crippen molar-refractivity contribution in [3.8, 4) is 0 Å². The number of hydrogen-bond donors (Lipinski definition) is 1. The van der Waals surface area contributed by atoms with Gasteiger partial charge in [0.2, 0.25) is 0 Å². The Morgan fingerprint density at radius 2 is 0.600 bits per heavy atom. The van der Waals surface area contributed by atoms with Gasteiger partial charge in [-0.05, 0) is 32.1 Å². The van der Waals surface area contributed by atoms with Crippen molar-refractivity contribution >= 4 is 11.9 Å². The number of allylic oxidation sites excluding steroid dienone is 2. The fourth-order valence-electron chi connectivity index (χ4n) is 9.33. The Balaban J connectivity index is 3.28.